The van der Waals surface area contributed by atoms with Gasteiger partial charge in [-0.3, -0.25) is 19.9 Å². The number of nitrogens with one attached hydrogen (secondary N) is 1. The van der Waals surface area contributed by atoms with Crippen molar-refractivity contribution in [2.24, 2.45) is 0 Å². The number of nitrogens with zero attached hydrogens (tertiary/aromatic N) is 4. The van der Waals surface area contributed by atoms with Gasteiger partial charge in [-0.05, 0) is 35.1 Å². The van der Waals surface area contributed by atoms with Gasteiger partial charge in [-0.15, -0.1) is 0 Å². The molecule has 0 radical (unpaired) electrons. The lowest BCUT2D eigenvalue weighted by atomic mass is 9.96. The Kier molecular flexibility index (Phi) is 5.34. The highest BCUT2D eigenvalue weighted by Gasteiger charge is 2.36. The number of sulfonamides is 1. The molecule has 1 saturated heterocycles. The summed E-state index contributed by atoms with van der Waals surface area (Å²) < 4.78 is 27.7. The zero-order valence-corrected chi connectivity index (χ0v) is 18.3. The summed E-state index contributed by atoms with van der Waals surface area (Å²) in [5.74, 6) is -1.26. The highest BCUT2D eigenvalue weighted by atomic mass is 79.9. The van der Waals surface area contributed by atoms with Crippen molar-refractivity contribution in [3.63, 3.8) is 0 Å². The van der Waals surface area contributed by atoms with Gasteiger partial charge in [0, 0.05) is 60.2 Å². The van der Waals surface area contributed by atoms with Crippen LogP contribution in [0.4, 0.5) is 11.4 Å². The topological polar surface area (TPSA) is 126 Å². The van der Waals surface area contributed by atoms with Crippen molar-refractivity contribution in [1.29, 1.82) is 0 Å². The number of amides is 1. The number of hydrogen-bond acceptors (Lipinski definition) is 7. The Labute approximate surface area is 181 Å². The van der Waals surface area contributed by atoms with Crippen LogP contribution >= 0.6 is 15.9 Å². The maximum absolute atomic E-state index is 13.0. The van der Waals surface area contributed by atoms with E-state index in [-0.39, 0.29) is 16.5 Å². The van der Waals surface area contributed by atoms with Gasteiger partial charge < -0.3 is 10.2 Å². The molecule has 2 aliphatic heterocycles. The smallest absolute Gasteiger partial charge is 0.269 e. The number of nitro benzene ring substituents is 1. The van der Waals surface area contributed by atoms with Gasteiger partial charge in [-0.1, -0.05) is 0 Å². The van der Waals surface area contributed by atoms with Gasteiger partial charge in [0.15, 0.2) is 0 Å². The van der Waals surface area contributed by atoms with Crippen LogP contribution in [0.3, 0.4) is 0 Å². The fraction of sp³-hybridized carbons (Fsp3) is 0.333. The Bertz CT molecular complexity index is 1150. The molecule has 1 atom stereocenters. The number of halogens is 1. The Morgan fingerprint density at radius 1 is 1.23 bits per heavy atom. The predicted octanol–water partition coefficient (Wildman–Crippen LogP) is 1.77. The number of carbonyl (C=O) groups excluding carboxylic acids is 1. The minimum atomic E-state index is -3.72. The fourth-order valence-electron chi connectivity index (χ4n) is 3.60. The molecule has 1 aromatic heterocycles. The van der Waals surface area contributed by atoms with Crippen LogP contribution < -0.4 is 5.32 Å². The molecular formula is C18H18BrN5O5S. The molecule has 4 rings (SSSR count). The zero-order valence-electron chi connectivity index (χ0n) is 15.9. The fourth-order valence-corrected chi connectivity index (χ4v) is 5.72. The van der Waals surface area contributed by atoms with Crippen LogP contribution in [0.5, 0.6) is 0 Å². The molecule has 1 unspecified atom stereocenters. The van der Waals surface area contributed by atoms with E-state index in [1.165, 1.54) is 34.8 Å². The number of nitro groups is 1. The predicted molar refractivity (Wildman–Crippen MR) is 112 cm³/mol. The van der Waals surface area contributed by atoms with Gasteiger partial charge >= 0.3 is 0 Å². The summed E-state index contributed by atoms with van der Waals surface area (Å²) in [6.45, 7) is 2.06. The summed E-state index contributed by atoms with van der Waals surface area (Å²) >= 11 is 3.34. The third-order valence-corrected chi connectivity index (χ3v) is 7.79. The number of rotatable bonds is 4. The molecule has 2 aliphatic rings. The first-order valence-corrected chi connectivity index (χ1v) is 11.3. The summed E-state index contributed by atoms with van der Waals surface area (Å²) in [4.78, 5) is 29.5. The van der Waals surface area contributed by atoms with Crippen molar-refractivity contribution in [2.75, 3.05) is 38.5 Å². The summed E-state index contributed by atoms with van der Waals surface area (Å²) in [7, 11) is -1.78. The first-order chi connectivity index (χ1) is 14.2. The third-order valence-electron chi connectivity index (χ3n) is 5.30. The molecule has 2 aromatic rings. The van der Waals surface area contributed by atoms with Crippen LogP contribution in [-0.2, 0) is 14.8 Å². The molecule has 1 aromatic carbocycles. The average molecular weight is 496 g/mol. The summed E-state index contributed by atoms with van der Waals surface area (Å²) in [6.07, 6.45) is 1.23. The van der Waals surface area contributed by atoms with Crippen LogP contribution in [0.15, 0.2) is 39.8 Å². The highest BCUT2D eigenvalue weighted by Crippen LogP contribution is 2.41. The second-order valence-corrected chi connectivity index (χ2v) is 9.99. The molecule has 12 heteroatoms. The SMILES string of the molecule is CN1CCN(S(=O)(=O)c2cnc(C3C(=O)Nc4ccc([N+](=O)[O-])cc43)c(Br)c2)CC1. The van der Waals surface area contributed by atoms with Crippen molar-refractivity contribution >= 4 is 43.2 Å². The van der Waals surface area contributed by atoms with Gasteiger partial charge in [0.1, 0.15) is 10.8 Å². The maximum Gasteiger partial charge on any atom is 0.269 e. The highest BCUT2D eigenvalue weighted by molar-refractivity contribution is 9.10. The molecule has 1 amide bonds. The first-order valence-electron chi connectivity index (χ1n) is 9.12. The second kappa shape index (κ2) is 7.69. The van der Waals surface area contributed by atoms with Gasteiger partial charge in [-0.25, -0.2) is 8.42 Å². The van der Waals surface area contributed by atoms with E-state index in [1.54, 1.807) is 0 Å². The van der Waals surface area contributed by atoms with E-state index in [2.05, 4.69) is 31.1 Å². The number of benzene rings is 1. The molecular weight excluding hydrogens is 478 g/mol. The Morgan fingerprint density at radius 2 is 1.93 bits per heavy atom. The van der Waals surface area contributed by atoms with Gasteiger partial charge in [0.2, 0.25) is 15.9 Å². The number of piperazine rings is 1. The Hall–Kier alpha value is -2.41. The standard InChI is InChI=1S/C18H18BrN5O5S/c1-22-4-6-23(7-5-22)30(28,29)12-9-14(19)17(20-10-12)16-13-8-11(24(26)27)2-3-15(13)21-18(16)25/h2-3,8-10,16H,4-7H2,1H3,(H,21,25). The van der Waals surface area contributed by atoms with E-state index in [1.807, 2.05) is 7.05 Å². The Morgan fingerprint density at radius 3 is 2.57 bits per heavy atom. The normalized spacial score (nSPS) is 20.1. The van der Waals surface area contributed by atoms with Crippen molar-refractivity contribution in [3.05, 3.63) is 56.3 Å². The number of likely N-dealkylation sites (N-methyl/N-ethyl adjacent to an activating group) is 1. The monoisotopic (exact) mass is 495 g/mol. The van der Waals surface area contributed by atoms with E-state index < -0.39 is 20.9 Å². The molecule has 1 fully saturated rings. The molecule has 30 heavy (non-hydrogen) atoms. The quantitative estimate of drug-likeness (QED) is 0.505. The molecule has 0 aliphatic carbocycles. The maximum atomic E-state index is 13.0. The molecule has 3 heterocycles. The second-order valence-electron chi connectivity index (χ2n) is 7.20. The lowest BCUT2D eigenvalue weighted by molar-refractivity contribution is -0.384. The number of pyridine rings is 1. The van der Waals surface area contributed by atoms with E-state index in [0.29, 0.717) is 47.6 Å². The van der Waals surface area contributed by atoms with Gasteiger partial charge in [0.25, 0.3) is 5.69 Å². The number of fused-ring (bicyclic) bond motifs is 1. The van der Waals surface area contributed by atoms with E-state index in [0.717, 1.165) is 0 Å². The summed E-state index contributed by atoms with van der Waals surface area (Å²) in [5, 5.41) is 13.8. The van der Waals surface area contributed by atoms with Crippen molar-refractivity contribution < 1.29 is 18.1 Å². The number of carbonyl (C=O) groups is 1. The minimum Gasteiger partial charge on any atom is -0.325 e. The lowest BCUT2D eigenvalue weighted by Gasteiger charge is -2.31. The first kappa shape index (κ1) is 20.8. The lowest BCUT2D eigenvalue weighted by Crippen LogP contribution is -2.47. The number of aromatic nitrogens is 1. The number of anilines is 1. The molecule has 10 nitrogen and oxygen atoms in total. The van der Waals surface area contributed by atoms with Crippen LogP contribution in [0.1, 0.15) is 17.2 Å². The van der Waals surface area contributed by atoms with Gasteiger partial charge in [-0.2, -0.15) is 4.31 Å². The van der Waals surface area contributed by atoms with E-state index in [9.17, 15) is 23.3 Å². The molecule has 0 bridgehead atoms. The van der Waals surface area contributed by atoms with Crippen LogP contribution in [-0.4, -0.2) is 66.7 Å². The van der Waals surface area contributed by atoms with Crippen LogP contribution in [0.2, 0.25) is 0 Å². The molecule has 1 N–H and O–H groups in total. The Balaban J connectivity index is 1.69. The largest absolute Gasteiger partial charge is 0.325 e. The zero-order chi connectivity index (χ0) is 21.6. The van der Waals surface area contributed by atoms with Crippen molar-refractivity contribution in [1.82, 2.24) is 14.2 Å². The van der Waals surface area contributed by atoms with Gasteiger partial charge in [0.05, 0.1) is 10.6 Å². The van der Waals surface area contributed by atoms with E-state index in [4.69, 9.17) is 0 Å². The molecule has 0 spiro atoms. The minimum absolute atomic E-state index is 0.0281. The van der Waals surface area contributed by atoms with Crippen LogP contribution in [0, 0.1) is 10.1 Å². The summed E-state index contributed by atoms with van der Waals surface area (Å²) in [6, 6.07) is 5.56. The number of non-ortho nitro benzene ring substituents is 1. The summed E-state index contributed by atoms with van der Waals surface area (Å²) in [5.41, 5.74) is 1.06. The molecule has 0 saturated carbocycles. The molecule has 158 valence electrons. The van der Waals surface area contributed by atoms with Crippen molar-refractivity contribution in [2.45, 2.75) is 10.8 Å². The third kappa shape index (κ3) is 3.60. The average Bonchev–Trinajstić information content (AvgIpc) is 3.03. The van der Waals surface area contributed by atoms with Crippen LogP contribution in [0.25, 0.3) is 0 Å². The van der Waals surface area contributed by atoms with Crippen molar-refractivity contribution in [3.8, 4) is 0 Å². The number of hydrogen-bond donors (Lipinski definition) is 1. The van der Waals surface area contributed by atoms with E-state index >= 15 is 0 Å².